The number of amides is 1. The van der Waals surface area contributed by atoms with Crippen LogP contribution in [0.5, 0.6) is 0 Å². The van der Waals surface area contributed by atoms with Gasteiger partial charge in [-0.2, -0.15) is 0 Å². The van der Waals surface area contributed by atoms with E-state index in [4.69, 9.17) is 9.47 Å². The van der Waals surface area contributed by atoms with Gasteiger partial charge in [0.25, 0.3) is 0 Å². The normalized spacial score (nSPS) is 17.9. The van der Waals surface area contributed by atoms with Gasteiger partial charge in [-0.1, -0.05) is 13.8 Å². The Balaban J connectivity index is 2.64. The third kappa shape index (κ3) is 3.85. The van der Waals surface area contributed by atoms with E-state index in [1.807, 2.05) is 20.8 Å². The van der Waals surface area contributed by atoms with Crippen molar-refractivity contribution >= 4 is 12.1 Å². The summed E-state index contributed by atoms with van der Waals surface area (Å²) in [5.41, 5.74) is -1.07. The first kappa shape index (κ1) is 15.8. The number of likely N-dealkylation sites (tertiary alicyclic amines) is 1. The number of rotatable bonds is 3. The van der Waals surface area contributed by atoms with E-state index in [-0.39, 0.29) is 12.1 Å². The summed E-state index contributed by atoms with van der Waals surface area (Å²) in [6, 6.07) is 0. The number of methoxy groups -OCH3 is 1. The van der Waals surface area contributed by atoms with Crippen molar-refractivity contribution in [3.63, 3.8) is 0 Å². The van der Waals surface area contributed by atoms with Crippen molar-refractivity contribution in [1.82, 2.24) is 4.90 Å². The molecule has 1 saturated heterocycles. The molecule has 0 atom stereocenters. The van der Waals surface area contributed by atoms with Crippen molar-refractivity contribution in [2.24, 2.45) is 11.3 Å². The molecule has 110 valence electrons. The zero-order valence-electron chi connectivity index (χ0n) is 12.8. The molecule has 0 aromatic heterocycles. The van der Waals surface area contributed by atoms with Crippen LogP contribution in [0, 0.1) is 11.3 Å². The number of carbonyl (C=O) groups excluding carboxylic acids is 2. The molecule has 1 fully saturated rings. The van der Waals surface area contributed by atoms with E-state index in [1.165, 1.54) is 7.11 Å². The Morgan fingerprint density at radius 2 is 1.79 bits per heavy atom. The molecule has 0 aromatic rings. The monoisotopic (exact) mass is 271 g/mol. The highest BCUT2D eigenvalue weighted by Gasteiger charge is 2.53. The number of esters is 1. The molecule has 19 heavy (non-hydrogen) atoms. The first-order chi connectivity index (χ1) is 8.59. The number of nitrogens with zero attached hydrogens (tertiary/aromatic N) is 1. The molecule has 5 nitrogen and oxygen atoms in total. The predicted octanol–water partition coefficient (Wildman–Crippen LogP) is 2.44. The lowest BCUT2D eigenvalue weighted by Gasteiger charge is -2.48. The average molecular weight is 271 g/mol. The Bertz CT molecular complexity index is 351. The van der Waals surface area contributed by atoms with Crippen LogP contribution in [0.25, 0.3) is 0 Å². The molecule has 0 bridgehead atoms. The summed E-state index contributed by atoms with van der Waals surface area (Å²) in [5, 5.41) is 0. The molecule has 0 aromatic carbocycles. The quantitative estimate of drug-likeness (QED) is 0.740. The fraction of sp³-hybridized carbons (Fsp3) is 0.857. The van der Waals surface area contributed by atoms with Crippen LogP contribution in [-0.2, 0) is 14.3 Å². The molecular formula is C14H25NO4. The van der Waals surface area contributed by atoms with E-state index < -0.39 is 11.0 Å². The molecule has 1 rings (SSSR count). The van der Waals surface area contributed by atoms with Crippen LogP contribution < -0.4 is 0 Å². The van der Waals surface area contributed by atoms with Crippen molar-refractivity contribution in [3.8, 4) is 0 Å². The van der Waals surface area contributed by atoms with Crippen molar-refractivity contribution < 1.29 is 19.1 Å². The molecular weight excluding hydrogens is 246 g/mol. The summed E-state index contributed by atoms with van der Waals surface area (Å²) >= 11 is 0. The van der Waals surface area contributed by atoms with Crippen LogP contribution >= 0.6 is 0 Å². The van der Waals surface area contributed by atoms with Crippen molar-refractivity contribution in [3.05, 3.63) is 0 Å². The first-order valence-electron chi connectivity index (χ1n) is 6.66. The van der Waals surface area contributed by atoms with Crippen molar-refractivity contribution in [2.75, 3.05) is 20.2 Å². The van der Waals surface area contributed by atoms with Crippen LogP contribution in [-0.4, -0.2) is 42.8 Å². The predicted molar refractivity (Wildman–Crippen MR) is 71.7 cm³/mol. The number of hydrogen-bond donors (Lipinski definition) is 0. The average Bonchev–Trinajstić information content (AvgIpc) is 2.18. The van der Waals surface area contributed by atoms with Crippen LogP contribution in [0.4, 0.5) is 4.79 Å². The van der Waals surface area contributed by atoms with E-state index in [2.05, 4.69) is 13.8 Å². The van der Waals surface area contributed by atoms with Gasteiger partial charge in [0.15, 0.2) is 0 Å². The first-order valence-corrected chi connectivity index (χ1v) is 6.66. The molecule has 0 spiro atoms. The van der Waals surface area contributed by atoms with Gasteiger partial charge in [-0.15, -0.1) is 0 Å². The third-order valence-corrected chi connectivity index (χ3v) is 3.06. The molecule has 0 saturated carbocycles. The Morgan fingerprint density at radius 1 is 1.26 bits per heavy atom. The van der Waals surface area contributed by atoms with Crippen LogP contribution in [0.15, 0.2) is 0 Å². The Labute approximate surface area is 115 Å². The van der Waals surface area contributed by atoms with Crippen LogP contribution in [0.3, 0.4) is 0 Å². The molecule has 0 unspecified atom stereocenters. The maximum absolute atomic E-state index is 11.9. The smallest absolute Gasteiger partial charge is 0.410 e. The maximum atomic E-state index is 11.9. The molecule has 1 aliphatic heterocycles. The maximum Gasteiger partial charge on any atom is 0.410 e. The highest BCUT2D eigenvalue weighted by Crippen LogP contribution is 2.38. The van der Waals surface area contributed by atoms with Crippen LogP contribution in [0.1, 0.15) is 41.0 Å². The van der Waals surface area contributed by atoms with Gasteiger partial charge in [0.05, 0.1) is 7.11 Å². The number of carbonyl (C=O) groups is 2. The second-order valence-corrected chi connectivity index (χ2v) is 6.71. The van der Waals surface area contributed by atoms with Gasteiger partial charge in [-0.25, -0.2) is 4.79 Å². The van der Waals surface area contributed by atoms with Gasteiger partial charge >= 0.3 is 12.1 Å². The summed E-state index contributed by atoms with van der Waals surface area (Å²) in [6.07, 6.45) is 0.356. The summed E-state index contributed by atoms with van der Waals surface area (Å²) in [6.45, 7) is 10.4. The standard InChI is InChI=1S/C14H25NO4/c1-10(2)7-14(11(16)18-6)8-15(9-14)12(17)19-13(3,4)5/h10H,7-9H2,1-6H3. The minimum atomic E-state index is -0.556. The highest BCUT2D eigenvalue weighted by molar-refractivity contribution is 5.82. The van der Waals surface area contributed by atoms with E-state index in [9.17, 15) is 9.59 Å². The zero-order chi connectivity index (χ0) is 14.8. The van der Waals surface area contributed by atoms with E-state index in [0.29, 0.717) is 19.0 Å². The largest absolute Gasteiger partial charge is 0.468 e. The Hall–Kier alpha value is -1.26. The van der Waals surface area contributed by atoms with Gasteiger partial charge in [-0.05, 0) is 33.1 Å². The van der Waals surface area contributed by atoms with Gasteiger partial charge in [-0.3, -0.25) is 4.79 Å². The highest BCUT2D eigenvalue weighted by atomic mass is 16.6. The summed E-state index contributed by atoms with van der Waals surface area (Å²) in [5.74, 6) is 0.140. The van der Waals surface area contributed by atoms with E-state index in [1.54, 1.807) is 4.90 Å². The Morgan fingerprint density at radius 3 is 2.16 bits per heavy atom. The molecule has 0 radical (unpaired) electrons. The van der Waals surface area contributed by atoms with Gasteiger partial charge in [0.2, 0.25) is 0 Å². The second kappa shape index (κ2) is 5.39. The summed E-state index contributed by atoms with van der Waals surface area (Å²) in [4.78, 5) is 25.3. The SMILES string of the molecule is COC(=O)C1(CC(C)C)CN(C(=O)OC(C)(C)C)C1. The van der Waals surface area contributed by atoms with Crippen molar-refractivity contribution in [1.29, 1.82) is 0 Å². The molecule has 1 aliphatic rings. The molecule has 0 N–H and O–H groups in total. The lowest BCUT2D eigenvalue weighted by molar-refractivity contribution is -0.165. The number of hydrogen-bond acceptors (Lipinski definition) is 4. The van der Waals surface area contributed by atoms with Gasteiger partial charge in [0, 0.05) is 13.1 Å². The molecule has 1 amide bonds. The lowest BCUT2D eigenvalue weighted by Crippen LogP contribution is -2.63. The zero-order valence-corrected chi connectivity index (χ0v) is 12.8. The Kier molecular flexibility index (Phi) is 4.48. The third-order valence-electron chi connectivity index (χ3n) is 3.06. The van der Waals surface area contributed by atoms with Crippen LogP contribution in [0.2, 0.25) is 0 Å². The van der Waals surface area contributed by atoms with Gasteiger partial charge < -0.3 is 14.4 Å². The lowest BCUT2D eigenvalue weighted by atomic mass is 9.74. The van der Waals surface area contributed by atoms with Gasteiger partial charge in [0.1, 0.15) is 11.0 Å². The molecule has 0 aliphatic carbocycles. The minimum absolute atomic E-state index is 0.235. The molecule has 5 heteroatoms. The van der Waals surface area contributed by atoms with E-state index >= 15 is 0 Å². The minimum Gasteiger partial charge on any atom is -0.468 e. The van der Waals surface area contributed by atoms with E-state index in [0.717, 1.165) is 6.42 Å². The summed E-state index contributed by atoms with van der Waals surface area (Å²) < 4.78 is 10.2. The fourth-order valence-corrected chi connectivity index (χ4v) is 2.48. The summed E-state index contributed by atoms with van der Waals surface area (Å²) in [7, 11) is 1.39. The topological polar surface area (TPSA) is 55.8 Å². The van der Waals surface area contributed by atoms with Crippen molar-refractivity contribution in [2.45, 2.75) is 46.6 Å². The fourth-order valence-electron chi connectivity index (χ4n) is 2.48. The molecule has 1 heterocycles. The second-order valence-electron chi connectivity index (χ2n) is 6.71. The number of ether oxygens (including phenoxy) is 2.